The Kier molecular flexibility index (Phi) is 6.52. The van der Waals surface area contributed by atoms with Crippen LogP contribution in [0.25, 0.3) is 0 Å². The van der Waals surface area contributed by atoms with E-state index in [0.717, 1.165) is 31.5 Å². The van der Waals surface area contributed by atoms with Gasteiger partial charge in [0.05, 0.1) is 0 Å². The Bertz CT molecular complexity index is 456. The van der Waals surface area contributed by atoms with E-state index in [1.807, 2.05) is 24.3 Å². The van der Waals surface area contributed by atoms with E-state index < -0.39 is 0 Å². The highest BCUT2D eigenvalue weighted by Gasteiger charge is 2.20. The van der Waals surface area contributed by atoms with Crippen LogP contribution in [0.3, 0.4) is 0 Å². The predicted octanol–water partition coefficient (Wildman–Crippen LogP) is 3.42. The minimum absolute atomic E-state index is 0.0222. The normalized spacial score (nSPS) is 16.9. The Labute approximate surface area is 132 Å². The number of alkyl halides is 1. The van der Waals surface area contributed by atoms with Gasteiger partial charge in [0.1, 0.15) is 0 Å². The van der Waals surface area contributed by atoms with Crippen LogP contribution in [0.1, 0.15) is 48.5 Å². The molecule has 1 aliphatic heterocycles. The Hall–Kier alpha value is -1.06. The number of unbranched alkanes of at least 4 members (excludes halogenated alkanes) is 1. The molecule has 1 heterocycles. The van der Waals surface area contributed by atoms with Gasteiger partial charge in [0.15, 0.2) is 0 Å². The van der Waals surface area contributed by atoms with Crippen LogP contribution in [0.4, 0.5) is 0 Å². The zero-order valence-electron chi connectivity index (χ0n) is 12.8. The SMILES string of the molecule is CCCCN1CCC(NC(=O)c2cccc(CCl)c2)CC1. The first-order valence-corrected chi connectivity index (χ1v) is 8.44. The maximum atomic E-state index is 12.3. The van der Waals surface area contributed by atoms with Crippen LogP contribution < -0.4 is 5.32 Å². The highest BCUT2D eigenvalue weighted by Crippen LogP contribution is 2.13. The van der Waals surface area contributed by atoms with Crippen LogP contribution in [0.5, 0.6) is 0 Å². The van der Waals surface area contributed by atoms with Gasteiger partial charge in [0.25, 0.3) is 5.91 Å². The minimum Gasteiger partial charge on any atom is -0.349 e. The third-order valence-electron chi connectivity index (χ3n) is 4.09. The first kappa shape index (κ1) is 16.3. The van der Waals surface area contributed by atoms with E-state index in [4.69, 9.17) is 11.6 Å². The Balaban J connectivity index is 1.81. The molecule has 1 saturated heterocycles. The molecule has 0 bridgehead atoms. The molecule has 1 aromatic rings. The molecule has 0 atom stereocenters. The molecule has 1 aliphatic rings. The van der Waals surface area contributed by atoms with E-state index in [-0.39, 0.29) is 5.91 Å². The summed E-state index contributed by atoms with van der Waals surface area (Å²) in [5.41, 5.74) is 1.69. The number of hydrogen-bond acceptors (Lipinski definition) is 2. The molecule has 0 aliphatic carbocycles. The molecule has 1 fully saturated rings. The lowest BCUT2D eigenvalue weighted by molar-refractivity contribution is 0.0910. The summed E-state index contributed by atoms with van der Waals surface area (Å²) in [5, 5.41) is 3.15. The monoisotopic (exact) mass is 308 g/mol. The van der Waals surface area contributed by atoms with E-state index in [1.54, 1.807) is 0 Å². The number of amides is 1. The average Bonchev–Trinajstić information content (AvgIpc) is 2.54. The minimum atomic E-state index is 0.0222. The average molecular weight is 309 g/mol. The third kappa shape index (κ3) is 5.01. The topological polar surface area (TPSA) is 32.3 Å². The zero-order chi connectivity index (χ0) is 15.1. The molecular weight excluding hydrogens is 284 g/mol. The number of nitrogens with zero attached hydrogens (tertiary/aromatic N) is 1. The van der Waals surface area contributed by atoms with Crippen molar-refractivity contribution in [2.75, 3.05) is 19.6 Å². The first-order valence-electron chi connectivity index (χ1n) is 7.91. The number of carbonyl (C=O) groups is 1. The molecule has 1 amide bonds. The van der Waals surface area contributed by atoms with Crippen LogP contribution in [0.2, 0.25) is 0 Å². The van der Waals surface area contributed by atoms with Crippen molar-refractivity contribution < 1.29 is 4.79 Å². The van der Waals surface area contributed by atoms with Crippen LogP contribution in [0.15, 0.2) is 24.3 Å². The molecule has 3 nitrogen and oxygen atoms in total. The summed E-state index contributed by atoms with van der Waals surface area (Å²) >= 11 is 5.82. The Morgan fingerprint density at radius 3 is 2.81 bits per heavy atom. The van der Waals surface area contributed by atoms with Gasteiger partial charge >= 0.3 is 0 Å². The molecule has 0 saturated carbocycles. The van der Waals surface area contributed by atoms with E-state index in [0.29, 0.717) is 17.5 Å². The number of halogens is 1. The van der Waals surface area contributed by atoms with Crippen LogP contribution in [-0.4, -0.2) is 36.5 Å². The molecule has 2 rings (SSSR count). The zero-order valence-corrected chi connectivity index (χ0v) is 13.5. The van der Waals surface area contributed by atoms with Crippen molar-refractivity contribution in [3.63, 3.8) is 0 Å². The first-order chi connectivity index (χ1) is 10.2. The lowest BCUT2D eigenvalue weighted by atomic mass is 10.0. The summed E-state index contributed by atoms with van der Waals surface area (Å²) in [6.45, 7) is 5.59. The van der Waals surface area contributed by atoms with Gasteiger partial charge in [-0.1, -0.05) is 25.5 Å². The molecule has 1 N–H and O–H groups in total. The van der Waals surface area contributed by atoms with E-state index >= 15 is 0 Å². The second-order valence-electron chi connectivity index (χ2n) is 5.78. The molecule has 4 heteroatoms. The molecule has 0 unspecified atom stereocenters. The maximum absolute atomic E-state index is 12.3. The summed E-state index contributed by atoms with van der Waals surface area (Å²) in [6.07, 6.45) is 4.60. The fraction of sp³-hybridized carbons (Fsp3) is 0.588. The molecule has 0 aromatic heterocycles. The number of hydrogen-bond donors (Lipinski definition) is 1. The van der Waals surface area contributed by atoms with Crippen molar-refractivity contribution in [1.82, 2.24) is 10.2 Å². The molecule has 0 radical (unpaired) electrons. The number of benzene rings is 1. The fourth-order valence-corrected chi connectivity index (χ4v) is 2.91. The van der Waals surface area contributed by atoms with Crippen molar-refractivity contribution in [3.8, 4) is 0 Å². The Morgan fingerprint density at radius 2 is 2.14 bits per heavy atom. The number of likely N-dealkylation sites (tertiary alicyclic amines) is 1. The van der Waals surface area contributed by atoms with Gasteiger partial charge in [0, 0.05) is 30.6 Å². The van der Waals surface area contributed by atoms with Gasteiger partial charge in [-0.2, -0.15) is 0 Å². The van der Waals surface area contributed by atoms with Gasteiger partial charge < -0.3 is 10.2 Å². The van der Waals surface area contributed by atoms with Crippen LogP contribution in [-0.2, 0) is 5.88 Å². The largest absolute Gasteiger partial charge is 0.349 e. The lowest BCUT2D eigenvalue weighted by Crippen LogP contribution is -2.44. The van der Waals surface area contributed by atoms with Gasteiger partial charge in [0.2, 0.25) is 0 Å². The molecule has 1 aromatic carbocycles. The molecule has 0 spiro atoms. The van der Waals surface area contributed by atoms with E-state index in [2.05, 4.69) is 17.1 Å². The summed E-state index contributed by atoms with van der Waals surface area (Å²) in [5.74, 6) is 0.464. The van der Waals surface area contributed by atoms with Crippen LogP contribution >= 0.6 is 11.6 Å². The van der Waals surface area contributed by atoms with E-state index in [9.17, 15) is 4.79 Å². The van der Waals surface area contributed by atoms with Gasteiger partial charge in [-0.25, -0.2) is 0 Å². The number of piperidine rings is 1. The van der Waals surface area contributed by atoms with Crippen molar-refractivity contribution in [2.45, 2.75) is 44.5 Å². The summed E-state index contributed by atoms with van der Waals surface area (Å²) in [4.78, 5) is 14.8. The van der Waals surface area contributed by atoms with Crippen LogP contribution in [0, 0.1) is 0 Å². The summed E-state index contributed by atoms with van der Waals surface area (Å²) < 4.78 is 0. The Morgan fingerprint density at radius 1 is 1.38 bits per heavy atom. The highest BCUT2D eigenvalue weighted by molar-refractivity contribution is 6.17. The fourth-order valence-electron chi connectivity index (χ4n) is 2.75. The molecule has 116 valence electrons. The smallest absolute Gasteiger partial charge is 0.251 e. The quantitative estimate of drug-likeness (QED) is 0.817. The second kappa shape index (κ2) is 8.40. The van der Waals surface area contributed by atoms with Gasteiger partial charge in [-0.3, -0.25) is 4.79 Å². The van der Waals surface area contributed by atoms with E-state index in [1.165, 1.54) is 19.4 Å². The number of nitrogens with one attached hydrogen (secondary N) is 1. The summed E-state index contributed by atoms with van der Waals surface area (Å²) in [6, 6.07) is 7.85. The standard InChI is InChI=1S/C17H25ClN2O/c1-2-3-9-20-10-7-16(8-11-20)19-17(21)15-6-4-5-14(12-15)13-18/h4-6,12,16H,2-3,7-11,13H2,1H3,(H,19,21). The third-order valence-corrected chi connectivity index (χ3v) is 4.40. The van der Waals surface area contributed by atoms with Crippen molar-refractivity contribution in [2.24, 2.45) is 0 Å². The van der Waals surface area contributed by atoms with Crippen molar-refractivity contribution >= 4 is 17.5 Å². The highest BCUT2D eigenvalue weighted by atomic mass is 35.5. The number of rotatable bonds is 6. The maximum Gasteiger partial charge on any atom is 0.251 e. The van der Waals surface area contributed by atoms with Gasteiger partial charge in [-0.15, -0.1) is 11.6 Å². The second-order valence-corrected chi connectivity index (χ2v) is 6.04. The van der Waals surface area contributed by atoms with Gasteiger partial charge in [-0.05, 0) is 43.5 Å². The molecular formula is C17H25ClN2O. The predicted molar refractivity (Wildman–Crippen MR) is 87.8 cm³/mol. The molecule has 21 heavy (non-hydrogen) atoms. The van der Waals surface area contributed by atoms with Crippen molar-refractivity contribution in [1.29, 1.82) is 0 Å². The lowest BCUT2D eigenvalue weighted by Gasteiger charge is -2.32. The number of carbonyl (C=O) groups excluding carboxylic acids is 1. The van der Waals surface area contributed by atoms with Crippen molar-refractivity contribution in [3.05, 3.63) is 35.4 Å². The summed E-state index contributed by atoms with van der Waals surface area (Å²) in [7, 11) is 0.